The monoisotopic (exact) mass is 301 g/mol. The van der Waals surface area contributed by atoms with Crippen LogP contribution in [0.2, 0.25) is 0 Å². The summed E-state index contributed by atoms with van der Waals surface area (Å²) in [5, 5.41) is 6.60. The number of hydrogen-bond donors (Lipinski definition) is 0. The van der Waals surface area contributed by atoms with Crippen molar-refractivity contribution in [2.75, 3.05) is 5.75 Å². The highest BCUT2D eigenvalue weighted by molar-refractivity contribution is 7.99. The molecule has 0 saturated heterocycles. The number of rotatable bonds is 4. The van der Waals surface area contributed by atoms with Crippen molar-refractivity contribution in [3.05, 3.63) is 41.7 Å². The van der Waals surface area contributed by atoms with Gasteiger partial charge in [-0.3, -0.25) is 4.79 Å². The molecule has 1 heterocycles. The van der Waals surface area contributed by atoms with Crippen LogP contribution >= 0.6 is 11.8 Å². The Morgan fingerprint density at radius 3 is 2.45 bits per heavy atom. The number of benzene rings is 1. The molecule has 0 amide bonds. The minimum Gasteiger partial charge on any atom is -0.302 e. The average Bonchev–Trinajstić information content (AvgIpc) is 2.78. The van der Waals surface area contributed by atoms with Gasteiger partial charge in [-0.1, -0.05) is 42.1 Å². The Morgan fingerprint density at radius 2 is 1.90 bits per heavy atom. The Hall–Kier alpha value is -1.83. The molecule has 0 atom stereocenters. The van der Waals surface area contributed by atoms with Gasteiger partial charge in [0.2, 0.25) is 5.82 Å². The van der Waals surface area contributed by atoms with Gasteiger partial charge < -0.3 is 4.57 Å². The van der Waals surface area contributed by atoms with Crippen molar-refractivity contribution in [3.63, 3.8) is 0 Å². The third-order valence-electron chi connectivity index (χ3n) is 2.52. The number of halogens is 3. The first-order valence-corrected chi connectivity index (χ1v) is 6.56. The Bertz CT molecular complexity index is 610. The van der Waals surface area contributed by atoms with Gasteiger partial charge in [0.05, 0.1) is 5.75 Å². The maximum atomic E-state index is 12.5. The summed E-state index contributed by atoms with van der Waals surface area (Å²) < 4.78 is 38.4. The van der Waals surface area contributed by atoms with Gasteiger partial charge >= 0.3 is 6.18 Å². The molecule has 0 radical (unpaired) electrons. The highest BCUT2D eigenvalue weighted by atomic mass is 32.2. The maximum absolute atomic E-state index is 12.5. The zero-order chi connectivity index (χ0) is 14.8. The molecule has 0 aliphatic heterocycles. The number of hydrogen-bond acceptors (Lipinski definition) is 4. The van der Waals surface area contributed by atoms with E-state index < -0.39 is 12.0 Å². The van der Waals surface area contributed by atoms with Gasteiger partial charge in [-0.25, -0.2) is 0 Å². The third-order valence-corrected chi connectivity index (χ3v) is 3.54. The number of carbonyl (C=O) groups is 1. The van der Waals surface area contributed by atoms with Crippen molar-refractivity contribution in [3.8, 4) is 0 Å². The highest BCUT2D eigenvalue weighted by Gasteiger charge is 2.37. The van der Waals surface area contributed by atoms with E-state index in [-0.39, 0.29) is 16.7 Å². The molecule has 0 bridgehead atoms. The summed E-state index contributed by atoms with van der Waals surface area (Å²) in [5.74, 6) is -1.24. The predicted molar refractivity (Wildman–Crippen MR) is 67.5 cm³/mol. The first kappa shape index (κ1) is 14.6. The van der Waals surface area contributed by atoms with Crippen LogP contribution in [0.1, 0.15) is 16.2 Å². The highest BCUT2D eigenvalue weighted by Crippen LogP contribution is 2.29. The van der Waals surface area contributed by atoms with E-state index in [2.05, 4.69) is 10.2 Å². The second-order valence-electron chi connectivity index (χ2n) is 3.94. The average molecular weight is 301 g/mol. The van der Waals surface area contributed by atoms with E-state index in [4.69, 9.17) is 0 Å². The first-order chi connectivity index (χ1) is 9.39. The Morgan fingerprint density at radius 1 is 1.25 bits per heavy atom. The summed E-state index contributed by atoms with van der Waals surface area (Å²) in [5.41, 5.74) is 0.512. The van der Waals surface area contributed by atoms with Crippen molar-refractivity contribution in [1.29, 1.82) is 0 Å². The standard InChI is InChI=1S/C12H10F3N3OS/c1-18-10(12(13,14)15)16-17-11(18)20-7-9(19)8-5-3-2-4-6-8/h2-6H,7H2,1H3. The normalized spacial score (nSPS) is 11.6. The molecule has 4 nitrogen and oxygen atoms in total. The summed E-state index contributed by atoms with van der Waals surface area (Å²) in [6, 6.07) is 8.54. The van der Waals surface area contributed by atoms with Crippen LogP contribution in [0.5, 0.6) is 0 Å². The van der Waals surface area contributed by atoms with E-state index in [1.165, 1.54) is 7.05 Å². The fourth-order valence-corrected chi connectivity index (χ4v) is 2.33. The molecule has 106 valence electrons. The van der Waals surface area contributed by atoms with Gasteiger partial charge in [-0.05, 0) is 0 Å². The molecular formula is C12H10F3N3OS. The second-order valence-corrected chi connectivity index (χ2v) is 4.88. The van der Waals surface area contributed by atoms with Crippen molar-refractivity contribution >= 4 is 17.5 Å². The van der Waals surface area contributed by atoms with Crippen LogP contribution in [0, 0.1) is 0 Å². The van der Waals surface area contributed by atoms with Crippen molar-refractivity contribution < 1.29 is 18.0 Å². The molecule has 0 spiro atoms. The minimum absolute atomic E-state index is 0.00778. The molecule has 0 aliphatic carbocycles. The van der Waals surface area contributed by atoms with E-state index in [0.717, 1.165) is 16.3 Å². The second kappa shape index (κ2) is 5.66. The number of nitrogens with zero attached hydrogens (tertiary/aromatic N) is 3. The van der Waals surface area contributed by atoms with Crippen LogP contribution < -0.4 is 0 Å². The van der Waals surface area contributed by atoms with Gasteiger partial charge in [0.25, 0.3) is 0 Å². The summed E-state index contributed by atoms with van der Waals surface area (Å²) in [7, 11) is 1.22. The topological polar surface area (TPSA) is 47.8 Å². The van der Waals surface area contributed by atoms with E-state index in [9.17, 15) is 18.0 Å². The van der Waals surface area contributed by atoms with Crippen LogP contribution in [-0.4, -0.2) is 26.3 Å². The third kappa shape index (κ3) is 3.19. The lowest BCUT2D eigenvalue weighted by molar-refractivity contribution is -0.147. The molecule has 2 rings (SSSR count). The predicted octanol–water partition coefficient (Wildman–Crippen LogP) is 2.81. The fraction of sp³-hybridized carbons (Fsp3) is 0.250. The molecule has 0 fully saturated rings. The molecule has 1 aromatic heterocycles. The molecule has 0 saturated carbocycles. The summed E-state index contributed by atoms with van der Waals surface area (Å²) in [4.78, 5) is 11.8. The number of Topliss-reactive ketones (excluding diaryl/α,β-unsaturated/α-hetero) is 1. The quantitative estimate of drug-likeness (QED) is 0.643. The van der Waals surface area contributed by atoms with Gasteiger partial charge in [0.1, 0.15) is 0 Å². The number of ketones is 1. The van der Waals surface area contributed by atoms with Crippen LogP contribution in [0.25, 0.3) is 0 Å². The number of thioether (sulfide) groups is 1. The van der Waals surface area contributed by atoms with Crippen LogP contribution in [0.3, 0.4) is 0 Å². The lowest BCUT2D eigenvalue weighted by atomic mass is 10.2. The molecule has 1 aromatic carbocycles. The van der Waals surface area contributed by atoms with Crippen molar-refractivity contribution in [1.82, 2.24) is 14.8 Å². The molecule has 0 aliphatic rings. The lowest BCUT2D eigenvalue weighted by Crippen LogP contribution is -2.13. The van der Waals surface area contributed by atoms with Gasteiger partial charge in [0, 0.05) is 12.6 Å². The summed E-state index contributed by atoms with van der Waals surface area (Å²) >= 11 is 0.927. The molecule has 0 unspecified atom stereocenters. The minimum atomic E-state index is -4.55. The fourth-order valence-electron chi connectivity index (χ4n) is 1.52. The zero-order valence-corrected chi connectivity index (χ0v) is 11.2. The van der Waals surface area contributed by atoms with E-state index >= 15 is 0 Å². The smallest absolute Gasteiger partial charge is 0.302 e. The Labute approximate surface area is 117 Å². The van der Waals surface area contributed by atoms with Gasteiger partial charge in [-0.2, -0.15) is 13.2 Å². The number of alkyl halides is 3. The SMILES string of the molecule is Cn1c(SCC(=O)c2ccccc2)nnc1C(F)(F)F. The molecular weight excluding hydrogens is 291 g/mol. The number of aromatic nitrogens is 3. The maximum Gasteiger partial charge on any atom is 0.451 e. The lowest BCUT2D eigenvalue weighted by Gasteiger charge is -2.06. The summed E-state index contributed by atoms with van der Waals surface area (Å²) in [6.07, 6.45) is -4.55. The summed E-state index contributed by atoms with van der Waals surface area (Å²) in [6.45, 7) is 0. The van der Waals surface area contributed by atoms with Gasteiger partial charge in [0.15, 0.2) is 10.9 Å². The Kier molecular flexibility index (Phi) is 4.12. The van der Waals surface area contributed by atoms with Crippen molar-refractivity contribution in [2.45, 2.75) is 11.3 Å². The molecule has 8 heteroatoms. The van der Waals surface area contributed by atoms with Gasteiger partial charge in [-0.15, -0.1) is 10.2 Å². The van der Waals surface area contributed by atoms with Crippen molar-refractivity contribution in [2.24, 2.45) is 7.05 Å². The first-order valence-electron chi connectivity index (χ1n) is 5.57. The molecule has 2 aromatic rings. The molecule has 20 heavy (non-hydrogen) atoms. The zero-order valence-electron chi connectivity index (χ0n) is 10.4. The van der Waals surface area contributed by atoms with Crippen LogP contribution in [-0.2, 0) is 13.2 Å². The van der Waals surface area contributed by atoms with Crippen LogP contribution in [0.15, 0.2) is 35.5 Å². The Balaban J connectivity index is 2.05. The number of carbonyl (C=O) groups excluding carboxylic acids is 1. The molecule has 0 N–H and O–H groups in total. The largest absolute Gasteiger partial charge is 0.451 e. The van der Waals surface area contributed by atoms with Crippen LogP contribution in [0.4, 0.5) is 13.2 Å². The van der Waals surface area contributed by atoms with E-state index in [0.29, 0.717) is 5.56 Å². The van der Waals surface area contributed by atoms with E-state index in [1.54, 1.807) is 30.3 Å². The van der Waals surface area contributed by atoms with E-state index in [1.807, 2.05) is 0 Å².